The second-order valence-electron chi connectivity index (χ2n) is 5.34. The molecule has 1 aromatic carbocycles. The van der Waals surface area contributed by atoms with Crippen LogP contribution in [0, 0.1) is 0 Å². The van der Waals surface area contributed by atoms with Gasteiger partial charge in [-0.25, -0.2) is 0 Å². The lowest BCUT2D eigenvalue weighted by molar-refractivity contribution is 0.515. The van der Waals surface area contributed by atoms with Gasteiger partial charge in [-0.15, -0.1) is 0 Å². The Balaban J connectivity index is 2.17. The van der Waals surface area contributed by atoms with E-state index in [4.69, 9.17) is 4.42 Å². The van der Waals surface area contributed by atoms with Gasteiger partial charge in [0.05, 0.1) is 17.3 Å². The van der Waals surface area contributed by atoms with Gasteiger partial charge >= 0.3 is 0 Å². The molecule has 0 saturated carbocycles. The first-order valence-corrected chi connectivity index (χ1v) is 6.83. The minimum absolute atomic E-state index is 0.129. The van der Waals surface area contributed by atoms with Gasteiger partial charge in [0.25, 0.3) is 0 Å². The minimum atomic E-state index is 0.129. The number of rotatable bonds is 3. The molecule has 0 fully saturated rings. The third kappa shape index (κ3) is 2.96. The number of para-hydroxylation sites is 1. The summed E-state index contributed by atoms with van der Waals surface area (Å²) in [6, 6.07) is 10.3. The maximum Gasteiger partial charge on any atom is 0.136 e. The molecule has 0 aliphatic carbocycles. The van der Waals surface area contributed by atoms with Crippen LogP contribution in [0.4, 0.5) is 5.69 Å². The molecule has 1 aromatic heterocycles. The second kappa shape index (κ2) is 5.19. The quantitative estimate of drug-likeness (QED) is 0.867. The van der Waals surface area contributed by atoms with Gasteiger partial charge in [0.1, 0.15) is 5.76 Å². The molecule has 2 aromatic rings. The van der Waals surface area contributed by atoms with Crippen molar-refractivity contribution < 1.29 is 4.42 Å². The van der Waals surface area contributed by atoms with E-state index in [9.17, 15) is 0 Å². The summed E-state index contributed by atoms with van der Waals surface area (Å²) in [5.41, 5.74) is 2.60. The normalized spacial score (nSPS) is 11.6. The number of halogens is 1. The minimum Gasteiger partial charge on any atom is -0.466 e. The lowest BCUT2D eigenvalue weighted by atomic mass is 9.86. The van der Waals surface area contributed by atoms with Crippen LogP contribution in [-0.4, -0.2) is 0 Å². The number of furan rings is 1. The van der Waals surface area contributed by atoms with Gasteiger partial charge < -0.3 is 9.73 Å². The largest absolute Gasteiger partial charge is 0.466 e. The maximum atomic E-state index is 5.40. The third-order valence-corrected chi connectivity index (χ3v) is 3.57. The van der Waals surface area contributed by atoms with Gasteiger partial charge in [0, 0.05) is 5.69 Å². The topological polar surface area (TPSA) is 25.2 Å². The van der Waals surface area contributed by atoms with E-state index in [0.717, 1.165) is 15.9 Å². The highest BCUT2D eigenvalue weighted by atomic mass is 79.9. The fourth-order valence-corrected chi connectivity index (χ4v) is 2.26. The smallest absolute Gasteiger partial charge is 0.136 e. The molecular weight excluding hydrogens is 290 g/mol. The van der Waals surface area contributed by atoms with Crippen molar-refractivity contribution in [3.8, 4) is 0 Å². The zero-order valence-electron chi connectivity index (χ0n) is 11.0. The Morgan fingerprint density at radius 3 is 2.50 bits per heavy atom. The average Bonchev–Trinajstić information content (AvgIpc) is 2.71. The maximum absolute atomic E-state index is 5.40. The van der Waals surface area contributed by atoms with E-state index >= 15 is 0 Å². The first kappa shape index (κ1) is 13.2. The third-order valence-electron chi connectivity index (χ3n) is 2.87. The molecule has 0 saturated heterocycles. The van der Waals surface area contributed by atoms with E-state index in [2.05, 4.69) is 66.3 Å². The van der Waals surface area contributed by atoms with Crippen molar-refractivity contribution >= 4 is 21.6 Å². The molecule has 0 atom stereocenters. The van der Waals surface area contributed by atoms with Crippen LogP contribution in [-0.2, 0) is 12.0 Å². The summed E-state index contributed by atoms with van der Waals surface area (Å²) in [7, 11) is 0. The Kier molecular flexibility index (Phi) is 3.81. The SMILES string of the molecule is CC(C)(C)c1ccccc1NCc1occc1Br. The van der Waals surface area contributed by atoms with Gasteiger partial charge in [0.15, 0.2) is 0 Å². The van der Waals surface area contributed by atoms with E-state index < -0.39 is 0 Å². The van der Waals surface area contributed by atoms with E-state index in [-0.39, 0.29) is 5.41 Å². The van der Waals surface area contributed by atoms with Crippen LogP contribution in [0.25, 0.3) is 0 Å². The van der Waals surface area contributed by atoms with Crippen molar-refractivity contribution in [1.82, 2.24) is 0 Å². The molecule has 18 heavy (non-hydrogen) atoms. The summed E-state index contributed by atoms with van der Waals surface area (Å²) in [5, 5.41) is 3.44. The summed E-state index contributed by atoms with van der Waals surface area (Å²) in [6.07, 6.45) is 1.69. The monoisotopic (exact) mass is 307 g/mol. The Morgan fingerprint density at radius 1 is 1.17 bits per heavy atom. The molecule has 1 N–H and O–H groups in total. The summed E-state index contributed by atoms with van der Waals surface area (Å²) in [5.74, 6) is 0.915. The van der Waals surface area contributed by atoms with Crippen LogP contribution < -0.4 is 5.32 Å². The zero-order valence-corrected chi connectivity index (χ0v) is 12.5. The van der Waals surface area contributed by atoms with Crippen LogP contribution in [0.5, 0.6) is 0 Å². The van der Waals surface area contributed by atoms with Crippen molar-refractivity contribution in [2.45, 2.75) is 32.7 Å². The number of nitrogens with one attached hydrogen (secondary N) is 1. The van der Waals surface area contributed by atoms with Crippen LogP contribution in [0.2, 0.25) is 0 Å². The Hall–Kier alpha value is -1.22. The molecule has 3 heteroatoms. The van der Waals surface area contributed by atoms with Crippen molar-refractivity contribution in [3.63, 3.8) is 0 Å². The van der Waals surface area contributed by atoms with Crippen molar-refractivity contribution in [1.29, 1.82) is 0 Å². The molecule has 0 bridgehead atoms. The van der Waals surface area contributed by atoms with Gasteiger partial charge in [-0.05, 0) is 39.0 Å². The Bertz CT molecular complexity index is 525. The summed E-state index contributed by atoms with van der Waals surface area (Å²) < 4.78 is 6.41. The number of anilines is 1. The predicted molar refractivity (Wildman–Crippen MR) is 78.9 cm³/mol. The highest BCUT2D eigenvalue weighted by Crippen LogP contribution is 2.30. The van der Waals surface area contributed by atoms with E-state index in [1.165, 1.54) is 5.56 Å². The summed E-state index contributed by atoms with van der Waals surface area (Å²) >= 11 is 3.46. The van der Waals surface area contributed by atoms with Crippen molar-refractivity contribution in [2.24, 2.45) is 0 Å². The zero-order chi connectivity index (χ0) is 13.2. The molecule has 0 aliphatic rings. The first-order chi connectivity index (χ1) is 8.48. The molecule has 0 aliphatic heterocycles. The van der Waals surface area contributed by atoms with Crippen LogP contribution in [0.15, 0.2) is 45.5 Å². The molecule has 0 amide bonds. The first-order valence-electron chi connectivity index (χ1n) is 6.04. The lowest BCUT2D eigenvalue weighted by Crippen LogP contribution is -2.14. The van der Waals surface area contributed by atoms with Crippen LogP contribution in [0.3, 0.4) is 0 Å². The van der Waals surface area contributed by atoms with Crippen molar-refractivity contribution in [2.75, 3.05) is 5.32 Å². The molecular formula is C15H18BrNO. The van der Waals surface area contributed by atoms with Gasteiger partial charge in [-0.3, -0.25) is 0 Å². The molecule has 96 valence electrons. The molecule has 1 heterocycles. The number of benzene rings is 1. The Morgan fingerprint density at radius 2 is 1.89 bits per heavy atom. The number of hydrogen-bond donors (Lipinski definition) is 1. The molecule has 0 unspecified atom stereocenters. The fraction of sp³-hybridized carbons (Fsp3) is 0.333. The second-order valence-corrected chi connectivity index (χ2v) is 6.20. The van der Waals surface area contributed by atoms with Crippen molar-refractivity contribution in [3.05, 3.63) is 52.4 Å². The number of hydrogen-bond acceptors (Lipinski definition) is 2. The van der Waals surface area contributed by atoms with E-state index in [1.807, 2.05) is 6.07 Å². The summed E-state index contributed by atoms with van der Waals surface area (Å²) in [6.45, 7) is 7.34. The van der Waals surface area contributed by atoms with Crippen LogP contribution >= 0.6 is 15.9 Å². The van der Waals surface area contributed by atoms with Gasteiger partial charge in [-0.2, -0.15) is 0 Å². The Labute approximate surface area is 117 Å². The van der Waals surface area contributed by atoms with Gasteiger partial charge in [0.2, 0.25) is 0 Å². The predicted octanol–water partition coefficient (Wildman–Crippen LogP) is 4.95. The summed E-state index contributed by atoms with van der Waals surface area (Å²) in [4.78, 5) is 0. The fourth-order valence-electron chi connectivity index (χ4n) is 1.92. The molecule has 2 nitrogen and oxygen atoms in total. The molecule has 0 spiro atoms. The average molecular weight is 308 g/mol. The highest BCUT2D eigenvalue weighted by molar-refractivity contribution is 9.10. The van der Waals surface area contributed by atoms with Crippen LogP contribution in [0.1, 0.15) is 32.1 Å². The highest BCUT2D eigenvalue weighted by Gasteiger charge is 2.17. The van der Waals surface area contributed by atoms with E-state index in [1.54, 1.807) is 6.26 Å². The molecule has 0 radical (unpaired) electrons. The standard InChI is InChI=1S/C15H18BrNO/c1-15(2,3)11-6-4-5-7-13(11)17-10-14-12(16)8-9-18-14/h4-9,17H,10H2,1-3H3. The lowest BCUT2D eigenvalue weighted by Gasteiger charge is -2.23. The van der Waals surface area contributed by atoms with Gasteiger partial charge in [-0.1, -0.05) is 39.0 Å². The molecule has 2 rings (SSSR count). The van der Waals surface area contributed by atoms with E-state index in [0.29, 0.717) is 6.54 Å².